The number of anilines is 1. The number of halogens is 1. The number of hydrogen-bond acceptors (Lipinski definition) is 4. The highest BCUT2D eigenvalue weighted by Crippen LogP contribution is 2.34. The van der Waals surface area contributed by atoms with Crippen LogP contribution in [0.4, 0.5) is 15.8 Å². The standard InChI is InChI=1S/C19H19FN2O3/c1-13-3-2-4-17(18(13)22(24)25)21-11-9-15(10-12-21)19(23)14-5-7-16(20)8-6-14/h2-8,15H,9-12H2,1H3. The lowest BCUT2D eigenvalue weighted by molar-refractivity contribution is -0.384. The third kappa shape index (κ3) is 3.52. The summed E-state index contributed by atoms with van der Waals surface area (Å²) in [6.45, 7) is 2.90. The zero-order chi connectivity index (χ0) is 18.0. The van der Waals surface area contributed by atoms with Crippen LogP contribution in [0.5, 0.6) is 0 Å². The van der Waals surface area contributed by atoms with Gasteiger partial charge in [-0.15, -0.1) is 0 Å². The molecule has 0 saturated carbocycles. The molecular weight excluding hydrogens is 323 g/mol. The van der Waals surface area contributed by atoms with Crippen LogP contribution in [0.2, 0.25) is 0 Å². The summed E-state index contributed by atoms with van der Waals surface area (Å²) in [4.78, 5) is 25.5. The molecule has 0 spiro atoms. The SMILES string of the molecule is Cc1cccc(N2CCC(C(=O)c3ccc(F)cc3)CC2)c1[N+](=O)[O-]. The molecule has 6 heteroatoms. The van der Waals surface area contributed by atoms with Crippen molar-refractivity contribution < 1.29 is 14.1 Å². The van der Waals surface area contributed by atoms with Gasteiger partial charge < -0.3 is 4.90 Å². The van der Waals surface area contributed by atoms with E-state index in [2.05, 4.69) is 0 Å². The number of Topliss-reactive ketones (excluding diaryl/α,β-unsaturated/α-hetero) is 1. The van der Waals surface area contributed by atoms with Crippen molar-refractivity contribution in [1.82, 2.24) is 0 Å². The lowest BCUT2D eigenvalue weighted by Crippen LogP contribution is -2.36. The minimum absolute atomic E-state index is 0.0124. The van der Waals surface area contributed by atoms with E-state index in [0.29, 0.717) is 42.7 Å². The Balaban J connectivity index is 1.72. The van der Waals surface area contributed by atoms with Gasteiger partial charge in [-0.1, -0.05) is 12.1 Å². The number of piperidine rings is 1. The second-order valence-corrected chi connectivity index (χ2v) is 6.33. The van der Waals surface area contributed by atoms with E-state index < -0.39 is 0 Å². The number of carbonyl (C=O) groups excluding carboxylic acids is 1. The molecule has 1 heterocycles. The highest BCUT2D eigenvalue weighted by atomic mass is 19.1. The van der Waals surface area contributed by atoms with Gasteiger partial charge in [-0.3, -0.25) is 14.9 Å². The van der Waals surface area contributed by atoms with Gasteiger partial charge in [0.2, 0.25) is 0 Å². The molecule has 130 valence electrons. The molecule has 2 aromatic carbocycles. The van der Waals surface area contributed by atoms with Crippen molar-refractivity contribution >= 4 is 17.2 Å². The van der Waals surface area contributed by atoms with Crippen LogP contribution in [0.1, 0.15) is 28.8 Å². The first-order valence-corrected chi connectivity index (χ1v) is 8.26. The monoisotopic (exact) mass is 342 g/mol. The Labute approximate surface area is 145 Å². The molecule has 0 unspecified atom stereocenters. The van der Waals surface area contributed by atoms with E-state index in [1.54, 1.807) is 19.1 Å². The van der Waals surface area contributed by atoms with Crippen molar-refractivity contribution in [1.29, 1.82) is 0 Å². The smallest absolute Gasteiger partial charge is 0.295 e. The Morgan fingerprint density at radius 3 is 2.40 bits per heavy atom. The van der Waals surface area contributed by atoms with Gasteiger partial charge in [0.05, 0.1) is 4.92 Å². The molecule has 0 atom stereocenters. The van der Waals surface area contributed by atoms with Gasteiger partial charge in [0.1, 0.15) is 11.5 Å². The van der Waals surface area contributed by atoms with Gasteiger partial charge in [-0.25, -0.2) is 4.39 Å². The molecule has 1 aliphatic heterocycles. The van der Waals surface area contributed by atoms with Crippen LogP contribution in [-0.2, 0) is 0 Å². The van der Waals surface area contributed by atoms with E-state index in [1.165, 1.54) is 24.3 Å². The third-order valence-corrected chi connectivity index (χ3v) is 4.73. The maximum Gasteiger partial charge on any atom is 0.295 e. The lowest BCUT2D eigenvalue weighted by Gasteiger charge is -2.32. The number of para-hydroxylation sites is 1. The fourth-order valence-corrected chi connectivity index (χ4v) is 3.37. The molecule has 0 aromatic heterocycles. The zero-order valence-corrected chi connectivity index (χ0v) is 13.9. The number of hydrogen-bond donors (Lipinski definition) is 0. The Hall–Kier alpha value is -2.76. The molecule has 0 radical (unpaired) electrons. The summed E-state index contributed by atoms with van der Waals surface area (Å²) >= 11 is 0. The first kappa shape index (κ1) is 17.1. The summed E-state index contributed by atoms with van der Waals surface area (Å²) in [6.07, 6.45) is 1.25. The number of ketones is 1. The molecular formula is C19H19FN2O3. The first-order chi connectivity index (χ1) is 12.0. The largest absolute Gasteiger partial charge is 0.366 e. The van der Waals surface area contributed by atoms with E-state index in [-0.39, 0.29) is 28.1 Å². The number of carbonyl (C=O) groups is 1. The molecule has 2 aromatic rings. The highest BCUT2D eigenvalue weighted by Gasteiger charge is 2.29. The van der Waals surface area contributed by atoms with Gasteiger partial charge in [-0.2, -0.15) is 0 Å². The van der Waals surface area contributed by atoms with Gasteiger partial charge in [0.25, 0.3) is 5.69 Å². The van der Waals surface area contributed by atoms with Crippen molar-refractivity contribution in [3.63, 3.8) is 0 Å². The van der Waals surface area contributed by atoms with E-state index in [1.807, 2.05) is 11.0 Å². The van der Waals surface area contributed by atoms with Crippen LogP contribution in [0.25, 0.3) is 0 Å². The molecule has 3 rings (SSSR count). The number of benzene rings is 2. The second kappa shape index (κ2) is 7.01. The fraction of sp³-hybridized carbons (Fsp3) is 0.316. The van der Waals surface area contributed by atoms with Crippen LogP contribution in [0, 0.1) is 28.8 Å². The minimum atomic E-state index is -0.363. The van der Waals surface area contributed by atoms with Crippen molar-refractivity contribution in [2.45, 2.75) is 19.8 Å². The van der Waals surface area contributed by atoms with Gasteiger partial charge >= 0.3 is 0 Å². The van der Waals surface area contributed by atoms with Crippen molar-refractivity contribution in [2.24, 2.45) is 5.92 Å². The Bertz CT molecular complexity index is 797. The zero-order valence-electron chi connectivity index (χ0n) is 13.9. The van der Waals surface area contributed by atoms with Gasteiger partial charge in [0, 0.05) is 30.1 Å². The van der Waals surface area contributed by atoms with Crippen molar-refractivity contribution in [2.75, 3.05) is 18.0 Å². The number of aryl methyl sites for hydroxylation is 1. The molecule has 1 aliphatic rings. The van der Waals surface area contributed by atoms with E-state index >= 15 is 0 Å². The van der Waals surface area contributed by atoms with E-state index in [9.17, 15) is 19.3 Å². The summed E-state index contributed by atoms with van der Waals surface area (Å²) in [6, 6.07) is 10.9. The van der Waals surface area contributed by atoms with Crippen LogP contribution >= 0.6 is 0 Å². The lowest BCUT2D eigenvalue weighted by atomic mass is 9.88. The van der Waals surface area contributed by atoms with Gasteiger partial charge in [-0.05, 0) is 50.1 Å². The number of nitro benzene ring substituents is 1. The Morgan fingerprint density at radius 1 is 1.16 bits per heavy atom. The quantitative estimate of drug-likeness (QED) is 0.476. The summed E-state index contributed by atoms with van der Waals surface area (Å²) in [5, 5.41) is 11.4. The normalized spacial score (nSPS) is 15.2. The highest BCUT2D eigenvalue weighted by molar-refractivity contribution is 5.98. The number of nitro groups is 1. The van der Waals surface area contributed by atoms with Crippen LogP contribution in [-0.4, -0.2) is 23.8 Å². The maximum absolute atomic E-state index is 13.0. The minimum Gasteiger partial charge on any atom is -0.366 e. The molecule has 25 heavy (non-hydrogen) atoms. The summed E-state index contributed by atoms with van der Waals surface area (Å²) in [7, 11) is 0. The predicted octanol–water partition coefficient (Wildman–Crippen LogP) is 4.14. The predicted molar refractivity (Wildman–Crippen MR) is 93.5 cm³/mol. The molecule has 0 N–H and O–H groups in total. The summed E-state index contributed by atoms with van der Waals surface area (Å²) < 4.78 is 13.0. The molecule has 0 bridgehead atoms. The van der Waals surface area contributed by atoms with Crippen LogP contribution < -0.4 is 4.90 Å². The van der Waals surface area contributed by atoms with E-state index in [4.69, 9.17) is 0 Å². The molecule has 0 amide bonds. The topological polar surface area (TPSA) is 63.5 Å². The van der Waals surface area contributed by atoms with Crippen molar-refractivity contribution in [3.05, 3.63) is 69.5 Å². The Kier molecular flexibility index (Phi) is 4.79. The number of nitrogens with zero attached hydrogens (tertiary/aromatic N) is 2. The van der Waals surface area contributed by atoms with Crippen LogP contribution in [0.15, 0.2) is 42.5 Å². The summed E-state index contributed by atoms with van der Waals surface area (Å²) in [5.74, 6) is -0.484. The maximum atomic E-state index is 13.0. The number of rotatable bonds is 4. The summed E-state index contributed by atoms with van der Waals surface area (Å²) in [5.41, 5.74) is 1.89. The van der Waals surface area contributed by atoms with Crippen molar-refractivity contribution in [3.8, 4) is 0 Å². The second-order valence-electron chi connectivity index (χ2n) is 6.33. The molecule has 1 fully saturated rings. The third-order valence-electron chi connectivity index (χ3n) is 4.73. The molecule has 1 saturated heterocycles. The van der Waals surface area contributed by atoms with Crippen LogP contribution in [0.3, 0.4) is 0 Å². The van der Waals surface area contributed by atoms with E-state index in [0.717, 1.165) is 0 Å². The Morgan fingerprint density at radius 2 is 1.80 bits per heavy atom. The average molecular weight is 342 g/mol. The molecule has 5 nitrogen and oxygen atoms in total. The first-order valence-electron chi connectivity index (χ1n) is 8.26. The molecule has 0 aliphatic carbocycles. The fourth-order valence-electron chi connectivity index (χ4n) is 3.37. The van der Waals surface area contributed by atoms with Gasteiger partial charge in [0.15, 0.2) is 5.78 Å². The average Bonchev–Trinajstić information content (AvgIpc) is 2.61.